The molecule has 0 aliphatic rings. The van der Waals surface area contributed by atoms with Gasteiger partial charge in [-0.05, 0) is 12.8 Å². The molecule has 0 spiro atoms. The molecule has 0 atom stereocenters. The van der Waals surface area contributed by atoms with Gasteiger partial charge in [-0.15, -0.1) is 0 Å². The zero-order valence-corrected chi connectivity index (χ0v) is 10.9. The Balaban J connectivity index is 3.56. The van der Waals surface area contributed by atoms with E-state index < -0.39 is 11.9 Å². The Morgan fingerprint density at radius 2 is 1.47 bits per heavy atom. The van der Waals surface area contributed by atoms with E-state index in [4.69, 9.17) is 9.47 Å². The topological polar surface area (TPSA) is 61.8 Å². The lowest BCUT2D eigenvalue weighted by Gasteiger charge is -2.12. The minimum Gasteiger partial charge on any atom is -0.464 e. The molecular weight excluding hydrogens is 224 g/mol. The van der Waals surface area contributed by atoms with E-state index in [1.54, 1.807) is 6.92 Å². The summed E-state index contributed by atoms with van der Waals surface area (Å²) in [6.07, 6.45) is 1.96. The van der Waals surface area contributed by atoms with Gasteiger partial charge in [-0.1, -0.05) is 26.7 Å². The van der Waals surface area contributed by atoms with Crippen LogP contribution in [-0.2, 0) is 23.8 Å². The molecule has 17 heavy (non-hydrogen) atoms. The molecule has 0 N–H and O–H groups in total. The Bertz CT molecular complexity index is 223. The first kappa shape index (κ1) is 15.9. The van der Waals surface area contributed by atoms with Crippen LogP contribution < -0.4 is 0 Å². The van der Waals surface area contributed by atoms with E-state index >= 15 is 0 Å². The number of carbonyl (C=O) groups excluding carboxylic acids is 2. The van der Waals surface area contributed by atoms with E-state index in [1.807, 2.05) is 0 Å². The summed E-state index contributed by atoms with van der Waals surface area (Å²) in [5, 5.41) is 0. The molecule has 0 amide bonds. The van der Waals surface area contributed by atoms with Crippen molar-refractivity contribution in [2.24, 2.45) is 5.92 Å². The van der Waals surface area contributed by atoms with Crippen LogP contribution in [0.25, 0.3) is 0 Å². The normalized spacial score (nSPS) is 10.4. The molecule has 0 bridgehead atoms. The van der Waals surface area contributed by atoms with Crippen LogP contribution in [0.2, 0.25) is 0 Å². The SMILES string of the molecule is CCOC(=O)COCC(=O)OCC(CC)CC. The van der Waals surface area contributed by atoms with Crippen molar-refractivity contribution in [1.82, 2.24) is 0 Å². The van der Waals surface area contributed by atoms with E-state index in [0.717, 1.165) is 12.8 Å². The standard InChI is InChI=1S/C12H22O5/c1-4-10(5-2)7-17-12(14)9-15-8-11(13)16-6-3/h10H,4-9H2,1-3H3. The molecule has 0 rings (SSSR count). The molecule has 0 aromatic carbocycles. The highest BCUT2D eigenvalue weighted by molar-refractivity contribution is 5.73. The Morgan fingerprint density at radius 1 is 0.941 bits per heavy atom. The second kappa shape index (κ2) is 10.1. The molecule has 0 aliphatic heterocycles. The average Bonchev–Trinajstić information content (AvgIpc) is 2.30. The summed E-state index contributed by atoms with van der Waals surface area (Å²) in [5.74, 6) is -0.523. The number of rotatable bonds is 9. The second-order valence-electron chi connectivity index (χ2n) is 3.66. The molecule has 0 aromatic rings. The number of carbonyl (C=O) groups is 2. The van der Waals surface area contributed by atoms with Crippen molar-refractivity contribution in [1.29, 1.82) is 0 Å². The van der Waals surface area contributed by atoms with Gasteiger partial charge in [-0.3, -0.25) is 0 Å². The highest BCUT2D eigenvalue weighted by atomic mass is 16.6. The molecule has 0 heterocycles. The summed E-state index contributed by atoms with van der Waals surface area (Å²) in [6, 6.07) is 0. The van der Waals surface area contributed by atoms with E-state index in [-0.39, 0.29) is 13.2 Å². The van der Waals surface area contributed by atoms with Gasteiger partial charge in [-0.25, -0.2) is 9.59 Å². The third-order valence-corrected chi connectivity index (χ3v) is 2.38. The van der Waals surface area contributed by atoms with Crippen LogP contribution in [-0.4, -0.2) is 38.4 Å². The molecular formula is C12H22O5. The number of hydrogen-bond acceptors (Lipinski definition) is 5. The number of ether oxygens (including phenoxy) is 3. The van der Waals surface area contributed by atoms with Gasteiger partial charge in [0, 0.05) is 0 Å². The molecule has 0 aliphatic carbocycles. The van der Waals surface area contributed by atoms with Crippen LogP contribution >= 0.6 is 0 Å². The lowest BCUT2D eigenvalue weighted by molar-refractivity contribution is -0.156. The Kier molecular flexibility index (Phi) is 9.43. The quantitative estimate of drug-likeness (QED) is 0.577. The minimum absolute atomic E-state index is 0.209. The summed E-state index contributed by atoms with van der Waals surface area (Å²) >= 11 is 0. The monoisotopic (exact) mass is 246 g/mol. The lowest BCUT2D eigenvalue weighted by atomic mass is 10.1. The van der Waals surface area contributed by atoms with E-state index in [0.29, 0.717) is 19.1 Å². The fourth-order valence-corrected chi connectivity index (χ4v) is 1.20. The zero-order valence-electron chi connectivity index (χ0n) is 10.9. The molecule has 0 fully saturated rings. The fraction of sp³-hybridized carbons (Fsp3) is 0.833. The predicted molar refractivity (Wildman–Crippen MR) is 62.5 cm³/mol. The van der Waals surface area contributed by atoms with Crippen molar-refractivity contribution >= 4 is 11.9 Å². The van der Waals surface area contributed by atoms with Crippen molar-refractivity contribution in [3.05, 3.63) is 0 Å². The van der Waals surface area contributed by atoms with Crippen molar-refractivity contribution in [3.63, 3.8) is 0 Å². The lowest BCUT2D eigenvalue weighted by Crippen LogP contribution is -2.20. The molecule has 100 valence electrons. The molecule has 0 aromatic heterocycles. The highest BCUT2D eigenvalue weighted by Gasteiger charge is 2.09. The van der Waals surface area contributed by atoms with Crippen molar-refractivity contribution < 1.29 is 23.8 Å². The summed E-state index contributed by atoms with van der Waals surface area (Å²) < 4.78 is 14.5. The van der Waals surface area contributed by atoms with Crippen LogP contribution in [0.4, 0.5) is 0 Å². The molecule has 5 heteroatoms. The first-order valence-corrected chi connectivity index (χ1v) is 6.02. The third-order valence-electron chi connectivity index (χ3n) is 2.38. The number of hydrogen-bond donors (Lipinski definition) is 0. The molecule has 5 nitrogen and oxygen atoms in total. The van der Waals surface area contributed by atoms with Crippen molar-refractivity contribution in [2.45, 2.75) is 33.6 Å². The fourth-order valence-electron chi connectivity index (χ4n) is 1.20. The Labute approximate surface area is 102 Å². The summed E-state index contributed by atoms with van der Waals surface area (Å²) in [4.78, 5) is 22.1. The Morgan fingerprint density at radius 3 is 1.94 bits per heavy atom. The highest BCUT2D eigenvalue weighted by Crippen LogP contribution is 2.07. The van der Waals surface area contributed by atoms with Gasteiger partial charge in [0.1, 0.15) is 13.2 Å². The molecule has 0 saturated carbocycles. The van der Waals surface area contributed by atoms with E-state index in [1.165, 1.54) is 0 Å². The van der Waals surface area contributed by atoms with Crippen molar-refractivity contribution in [3.8, 4) is 0 Å². The zero-order chi connectivity index (χ0) is 13.1. The molecule has 0 unspecified atom stereocenters. The Hall–Kier alpha value is -1.10. The second-order valence-corrected chi connectivity index (χ2v) is 3.66. The summed E-state index contributed by atoms with van der Waals surface area (Å²) in [5.41, 5.74) is 0. The predicted octanol–water partition coefficient (Wildman–Crippen LogP) is 1.55. The minimum atomic E-state index is -0.472. The average molecular weight is 246 g/mol. The molecule has 0 saturated heterocycles. The van der Waals surface area contributed by atoms with Crippen LogP contribution in [0.1, 0.15) is 33.6 Å². The first-order valence-electron chi connectivity index (χ1n) is 6.02. The van der Waals surface area contributed by atoms with Crippen LogP contribution in [0.5, 0.6) is 0 Å². The smallest absolute Gasteiger partial charge is 0.332 e. The van der Waals surface area contributed by atoms with Gasteiger partial charge in [0.15, 0.2) is 0 Å². The maximum absolute atomic E-state index is 11.2. The van der Waals surface area contributed by atoms with Crippen LogP contribution in [0.3, 0.4) is 0 Å². The van der Waals surface area contributed by atoms with Gasteiger partial charge in [0.2, 0.25) is 0 Å². The largest absolute Gasteiger partial charge is 0.464 e. The van der Waals surface area contributed by atoms with Gasteiger partial charge < -0.3 is 14.2 Å². The maximum Gasteiger partial charge on any atom is 0.332 e. The number of esters is 2. The van der Waals surface area contributed by atoms with Crippen LogP contribution in [0.15, 0.2) is 0 Å². The van der Waals surface area contributed by atoms with E-state index in [9.17, 15) is 9.59 Å². The first-order chi connectivity index (χ1) is 8.13. The van der Waals surface area contributed by atoms with Gasteiger partial charge in [-0.2, -0.15) is 0 Å². The van der Waals surface area contributed by atoms with Gasteiger partial charge >= 0.3 is 11.9 Å². The van der Waals surface area contributed by atoms with E-state index in [2.05, 4.69) is 18.6 Å². The summed E-state index contributed by atoms with van der Waals surface area (Å²) in [7, 11) is 0. The van der Waals surface area contributed by atoms with Gasteiger partial charge in [0.25, 0.3) is 0 Å². The van der Waals surface area contributed by atoms with Gasteiger partial charge in [0.05, 0.1) is 13.2 Å². The van der Waals surface area contributed by atoms with Crippen LogP contribution in [0, 0.1) is 5.92 Å². The third kappa shape index (κ3) is 8.68. The summed E-state index contributed by atoms with van der Waals surface area (Å²) in [6.45, 7) is 6.11. The maximum atomic E-state index is 11.2. The van der Waals surface area contributed by atoms with Crippen molar-refractivity contribution in [2.75, 3.05) is 26.4 Å². The molecule has 0 radical (unpaired) electrons.